The number of benzene rings is 3. The number of halogens is 1. The maximum absolute atomic E-state index is 14.2. The predicted molar refractivity (Wildman–Crippen MR) is 172 cm³/mol. The molecule has 3 atom stereocenters. The minimum atomic E-state index is -1.64. The number of hydrogen-bond acceptors (Lipinski definition) is 6. The van der Waals surface area contributed by atoms with Gasteiger partial charge in [-0.05, 0) is 61.6 Å². The van der Waals surface area contributed by atoms with Crippen LogP contribution in [0, 0.1) is 5.92 Å². The third kappa shape index (κ3) is 8.38. The Morgan fingerprint density at radius 2 is 1.51 bits per heavy atom. The van der Waals surface area contributed by atoms with E-state index < -0.39 is 48.6 Å². The van der Waals surface area contributed by atoms with E-state index in [1.54, 1.807) is 68.6 Å². The number of aliphatic hydroxyl groups is 1. The molecule has 1 heterocycles. The fraction of sp³-hybridized carbons (Fsp3) is 0.314. The van der Waals surface area contributed by atoms with Crippen LogP contribution in [0.15, 0.2) is 91.1 Å². The zero-order valence-corrected chi connectivity index (χ0v) is 26.5. The summed E-state index contributed by atoms with van der Waals surface area (Å²) in [4.78, 5) is 57.0. The number of nitrogens with zero attached hydrogens (tertiary/aromatic N) is 2. The molecule has 45 heavy (non-hydrogen) atoms. The third-order valence-electron chi connectivity index (χ3n) is 7.32. The largest absolute Gasteiger partial charge is 0.461 e. The van der Waals surface area contributed by atoms with Gasteiger partial charge < -0.3 is 20.1 Å². The van der Waals surface area contributed by atoms with E-state index in [9.17, 15) is 24.3 Å². The first-order valence-electron chi connectivity index (χ1n) is 14.8. The van der Waals surface area contributed by atoms with Crippen LogP contribution >= 0.6 is 11.6 Å². The van der Waals surface area contributed by atoms with E-state index in [0.717, 1.165) is 5.56 Å². The van der Waals surface area contributed by atoms with Gasteiger partial charge in [-0.3, -0.25) is 19.3 Å². The zero-order valence-electron chi connectivity index (χ0n) is 25.7. The monoisotopic (exact) mass is 631 g/mol. The van der Waals surface area contributed by atoms with Crippen molar-refractivity contribution in [3.05, 3.63) is 113 Å². The summed E-state index contributed by atoms with van der Waals surface area (Å²) >= 11 is 6.04. The molecular weight excluding hydrogens is 594 g/mol. The Morgan fingerprint density at radius 1 is 0.911 bits per heavy atom. The van der Waals surface area contributed by atoms with Gasteiger partial charge in [0.2, 0.25) is 5.91 Å². The van der Waals surface area contributed by atoms with Crippen molar-refractivity contribution >= 4 is 41.0 Å². The molecule has 0 bridgehead atoms. The molecule has 0 aromatic heterocycles. The highest BCUT2D eigenvalue weighted by molar-refractivity contribution is 6.30. The predicted octanol–water partition coefficient (Wildman–Crippen LogP) is 4.69. The van der Waals surface area contributed by atoms with Crippen LogP contribution in [0.2, 0.25) is 5.02 Å². The number of nitrogens with one attached hydrogen (secondary N) is 1. The average molecular weight is 632 g/mol. The molecule has 0 radical (unpaired) electrons. The van der Waals surface area contributed by atoms with Crippen LogP contribution in [-0.4, -0.2) is 69.4 Å². The zero-order chi connectivity index (χ0) is 32.7. The number of carbonyl (C=O) groups excluding carboxylic acids is 4. The molecule has 2 unspecified atom stereocenters. The van der Waals surface area contributed by atoms with Crippen LogP contribution in [0.5, 0.6) is 0 Å². The van der Waals surface area contributed by atoms with Crippen LogP contribution in [0.4, 0.5) is 0 Å². The molecule has 3 amide bonds. The fourth-order valence-corrected chi connectivity index (χ4v) is 5.31. The highest BCUT2D eigenvalue weighted by Gasteiger charge is 2.41. The van der Waals surface area contributed by atoms with Crippen molar-refractivity contribution in [1.82, 2.24) is 15.1 Å². The first kappa shape index (κ1) is 33.4. The van der Waals surface area contributed by atoms with Gasteiger partial charge >= 0.3 is 5.97 Å². The van der Waals surface area contributed by atoms with E-state index in [2.05, 4.69) is 5.32 Å². The lowest BCUT2D eigenvalue weighted by molar-refractivity contribution is -0.159. The molecule has 0 saturated heterocycles. The van der Waals surface area contributed by atoms with Crippen molar-refractivity contribution in [2.24, 2.45) is 5.92 Å². The van der Waals surface area contributed by atoms with E-state index in [0.29, 0.717) is 21.8 Å². The van der Waals surface area contributed by atoms with Crippen molar-refractivity contribution in [2.45, 2.75) is 58.4 Å². The lowest BCUT2D eigenvalue weighted by Crippen LogP contribution is -2.57. The highest BCUT2D eigenvalue weighted by atomic mass is 35.5. The lowest BCUT2D eigenvalue weighted by atomic mass is 9.96. The van der Waals surface area contributed by atoms with Crippen molar-refractivity contribution in [3.63, 3.8) is 0 Å². The second-order valence-electron chi connectivity index (χ2n) is 11.5. The van der Waals surface area contributed by atoms with E-state index >= 15 is 0 Å². The number of ether oxygens (including phenoxy) is 1. The summed E-state index contributed by atoms with van der Waals surface area (Å²) in [6, 6.07) is 22.6. The number of aliphatic hydroxyl groups excluding tert-OH is 1. The molecule has 0 aliphatic carbocycles. The molecular formula is C35H38ClN3O6. The molecule has 3 aromatic rings. The molecule has 0 spiro atoms. The first-order chi connectivity index (χ1) is 21.5. The third-order valence-corrected chi connectivity index (χ3v) is 7.57. The van der Waals surface area contributed by atoms with Gasteiger partial charge in [0.1, 0.15) is 12.6 Å². The molecule has 0 fully saturated rings. The summed E-state index contributed by atoms with van der Waals surface area (Å²) in [6.07, 6.45) is -0.360. The minimum absolute atomic E-state index is 0.147. The minimum Gasteiger partial charge on any atom is -0.461 e. The number of carbonyl (C=O) groups is 4. The average Bonchev–Trinajstić information content (AvgIpc) is 3.01. The highest BCUT2D eigenvalue weighted by Crippen LogP contribution is 2.31. The maximum Gasteiger partial charge on any atom is 0.337 e. The topological polar surface area (TPSA) is 116 Å². The number of hydrogen-bond donors (Lipinski definition) is 2. The van der Waals surface area contributed by atoms with Gasteiger partial charge in [-0.1, -0.05) is 86.1 Å². The Kier molecular flexibility index (Phi) is 11.1. The SMILES string of the molecule is CC(C)OC(=O)C(O)[C@H](Cc1ccccc1)NC(=O)CN1C(=O)C(C(C)C)N(C(=O)c2ccc(Cl)cc2)C=C1c1ccccc1. The van der Waals surface area contributed by atoms with Crippen molar-refractivity contribution in [1.29, 1.82) is 0 Å². The Morgan fingerprint density at radius 3 is 2.09 bits per heavy atom. The Hall–Kier alpha value is -4.47. The first-order valence-corrected chi connectivity index (χ1v) is 15.2. The molecule has 4 rings (SSSR count). The van der Waals surface area contributed by atoms with Crippen molar-refractivity contribution in [3.8, 4) is 0 Å². The Bertz CT molecular complexity index is 1530. The second-order valence-corrected chi connectivity index (χ2v) is 11.9. The van der Waals surface area contributed by atoms with Crippen LogP contribution in [0.25, 0.3) is 5.70 Å². The molecule has 10 heteroatoms. The summed E-state index contributed by atoms with van der Waals surface area (Å²) in [6.45, 7) is 6.58. The second kappa shape index (κ2) is 15.0. The summed E-state index contributed by atoms with van der Waals surface area (Å²) in [5.74, 6) is -2.58. The maximum atomic E-state index is 14.2. The Balaban J connectivity index is 1.67. The quantitative estimate of drug-likeness (QED) is 0.297. The van der Waals surface area contributed by atoms with E-state index in [4.69, 9.17) is 16.3 Å². The molecule has 2 N–H and O–H groups in total. The fourth-order valence-electron chi connectivity index (χ4n) is 5.19. The standard InChI is InChI=1S/C35H38ClN3O6/c1-22(2)31-34(43)38(21-30(40)37-28(19-24-11-7-5-8-12-24)32(41)35(44)45-23(3)4)29(25-13-9-6-10-14-25)20-39(31)33(42)26-15-17-27(36)18-16-26/h5-18,20,22-23,28,31-32,41H,19,21H2,1-4H3,(H,37,40)/t28-,31?,32?/m0/s1. The van der Waals surface area contributed by atoms with Gasteiger partial charge in [-0.15, -0.1) is 0 Å². The smallest absolute Gasteiger partial charge is 0.337 e. The number of esters is 1. The van der Waals surface area contributed by atoms with Gasteiger partial charge in [-0.2, -0.15) is 0 Å². The Labute approximate surface area is 268 Å². The van der Waals surface area contributed by atoms with Crippen LogP contribution in [0.3, 0.4) is 0 Å². The van der Waals surface area contributed by atoms with E-state index in [1.165, 1.54) is 9.80 Å². The van der Waals surface area contributed by atoms with Gasteiger partial charge in [0.05, 0.1) is 17.8 Å². The van der Waals surface area contributed by atoms with E-state index in [-0.39, 0.29) is 18.2 Å². The summed E-state index contributed by atoms with van der Waals surface area (Å²) < 4.78 is 5.21. The van der Waals surface area contributed by atoms with Crippen LogP contribution < -0.4 is 5.32 Å². The van der Waals surface area contributed by atoms with Gasteiger partial charge in [-0.25, -0.2) is 4.79 Å². The normalized spacial score (nSPS) is 16.3. The van der Waals surface area contributed by atoms with Crippen LogP contribution in [-0.2, 0) is 25.5 Å². The van der Waals surface area contributed by atoms with Crippen molar-refractivity contribution < 1.29 is 29.0 Å². The molecule has 236 valence electrons. The molecule has 3 aromatic carbocycles. The molecule has 1 aliphatic heterocycles. The summed E-state index contributed by atoms with van der Waals surface area (Å²) in [5.41, 5.74) is 2.12. The number of amides is 3. The lowest BCUT2D eigenvalue weighted by Gasteiger charge is -2.41. The van der Waals surface area contributed by atoms with Gasteiger partial charge in [0.25, 0.3) is 11.8 Å². The summed E-state index contributed by atoms with van der Waals surface area (Å²) in [5, 5.41) is 14.2. The number of rotatable bonds is 11. The molecule has 9 nitrogen and oxygen atoms in total. The van der Waals surface area contributed by atoms with Crippen molar-refractivity contribution in [2.75, 3.05) is 6.54 Å². The van der Waals surface area contributed by atoms with Crippen LogP contribution in [0.1, 0.15) is 49.2 Å². The van der Waals surface area contributed by atoms with Gasteiger partial charge in [0.15, 0.2) is 6.10 Å². The van der Waals surface area contributed by atoms with E-state index in [1.807, 2.05) is 50.2 Å². The summed E-state index contributed by atoms with van der Waals surface area (Å²) in [7, 11) is 0. The molecule has 0 saturated carbocycles. The molecule has 1 aliphatic rings. The van der Waals surface area contributed by atoms with Gasteiger partial charge in [0, 0.05) is 16.8 Å².